The van der Waals surface area contributed by atoms with Crippen molar-refractivity contribution in [1.82, 2.24) is 10.2 Å². The van der Waals surface area contributed by atoms with Crippen LogP contribution in [-0.4, -0.2) is 47.8 Å². The Morgan fingerprint density at radius 1 is 1.50 bits per heavy atom. The quantitative estimate of drug-likeness (QED) is 0.643. The topological polar surface area (TPSA) is 78.6 Å². The molecule has 1 fully saturated rings. The first-order valence-corrected chi connectivity index (χ1v) is 7.01. The maximum absolute atomic E-state index is 13.4. The first-order chi connectivity index (χ1) is 9.54. The fraction of sp³-hybridized carbons (Fsp3) is 0.500. The van der Waals surface area contributed by atoms with E-state index in [0.717, 1.165) is 13.1 Å². The van der Waals surface area contributed by atoms with Crippen molar-refractivity contribution < 1.29 is 14.4 Å². The Bertz CT molecular complexity index is 509. The van der Waals surface area contributed by atoms with Crippen LogP contribution in [0.15, 0.2) is 16.6 Å². The minimum absolute atomic E-state index is 0.142. The number of halogens is 2. The van der Waals surface area contributed by atoms with Crippen LogP contribution in [0.2, 0.25) is 0 Å². The summed E-state index contributed by atoms with van der Waals surface area (Å²) >= 11 is 3.08. The number of phenolic OH excluding ortho intramolecular Hbond substituents is 1. The molecule has 1 saturated heterocycles. The van der Waals surface area contributed by atoms with E-state index in [9.17, 15) is 19.6 Å². The molecule has 0 amide bonds. The highest BCUT2D eigenvalue weighted by atomic mass is 79.9. The molecule has 6 nitrogen and oxygen atoms in total. The minimum atomic E-state index is -0.707. The molecule has 0 unspecified atom stereocenters. The van der Waals surface area contributed by atoms with Crippen molar-refractivity contribution in [3.05, 3.63) is 32.3 Å². The van der Waals surface area contributed by atoms with E-state index in [-0.39, 0.29) is 21.5 Å². The number of piperazine rings is 1. The predicted molar refractivity (Wildman–Crippen MR) is 75.6 cm³/mol. The molecule has 2 rings (SSSR count). The van der Waals surface area contributed by atoms with Crippen LogP contribution in [0.25, 0.3) is 0 Å². The first-order valence-electron chi connectivity index (χ1n) is 6.22. The summed E-state index contributed by atoms with van der Waals surface area (Å²) in [5.41, 5.74) is 0.0775. The van der Waals surface area contributed by atoms with Crippen molar-refractivity contribution in [2.75, 3.05) is 32.9 Å². The van der Waals surface area contributed by atoms with Gasteiger partial charge in [-0.1, -0.05) is 0 Å². The third-order valence-electron chi connectivity index (χ3n) is 3.39. The second-order valence-electron chi connectivity index (χ2n) is 4.58. The molecule has 1 aromatic carbocycles. The number of nitrogens with one attached hydrogen (secondary N) is 1. The molecule has 1 atom stereocenters. The number of nitro benzene ring substituents is 1. The van der Waals surface area contributed by atoms with Crippen LogP contribution in [0.3, 0.4) is 0 Å². The van der Waals surface area contributed by atoms with Gasteiger partial charge in [0.05, 0.1) is 15.4 Å². The van der Waals surface area contributed by atoms with Gasteiger partial charge >= 0.3 is 0 Å². The summed E-state index contributed by atoms with van der Waals surface area (Å²) in [5, 5.41) is 24.1. The maximum atomic E-state index is 13.4. The summed E-state index contributed by atoms with van der Waals surface area (Å²) in [6.07, 6.45) is 0. The van der Waals surface area contributed by atoms with E-state index in [4.69, 9.17) is 0 Å². The summed E-state index contributed by atoms with van der Waals surface area (Å²) in [4.78, 5) is 12.2. The molecule has 0 saturated carbocycles. The number of benzene rings is 1. The van der Waals surface area contributed by atoms with Crippen LogP contribution in [0.4, 0.5) is 10.1 Å². The number of nitro groups is 1. The third kappa shape index (κ3) is 3.08. The van der Waals surface area contributed by atoms with Gasteiger partial charge < -0.3 is 10.4 Å². The Balaban J connectivity index is 2.39. The summed E-state index contributed by atoms with van der Waals surface area (Å²) in [7, 11) is 0. The van der Waals surface area contributed by atoms with Gasteiger partial charge in [-0.2, -0.15) is 0 Å². The highest BCUT2D eigenvalue weighted by molar-refractivity contribution is 9.10. The average Bonchev–Trinajstić information content (AvgIpc) is 2.45. The molecular formula is C12H15BrFN3O3. The lowest BCUT2D eigenvalue weighted by Gasteiger charge is -2.33. The Kier molecular flexibility index (Phi) is 4.90. The molecule has 0 radical (unpaired) electrons. The standard InChI is InChI=1S/C12H15BrFN3O3/c13-10-6-8(17(19)20)5-9(12(10)18)11(7-14)16-3-1-15-2-4-16/h5-6,11,15,18H,1-4,7H2/t11-/m0/s1. The largest absolute Gasteiger partial charge is 0.506 e. The molecule has 0 bridgehead atoms. The van der Waals surface area contributed by atoms with Crippen molar-refractivity contribution in [1.29, 1.82) is 0 Å². The number of hydrogen-bond acceptors (Lipinski definition) is 5. The zero-order chi connectivity index (χ0) is 14.7. The van der Waals surface area contributed by atoms with Gasteiger partial charge in [-0.15, -0.1) is 0 Å². The third-order valence-corrected chi connectivity index (χ3v) is 3.99. The van der Waals surface area contributed by atoms with Gasteiger partial charge in [-0.3, -0.25) is 15.0 Å². The molecule has 0 aliphatic carbocycles. The fourth-order valence-corrected chi connectivity index (χ4v) is 2.80. The van der Waals surface area contributed by atoms with Gasteiger partial charge in [-0.25, -0.2) is 4.39 Å². The van der Waals surface area contributed by atoms with Gasteiger partial charge in [0.2, 0.25) is 0 Å². The normalized spacial score (nSPS) is 17.9. The molecule has 0 spiro atoms. The van der Waals surface area contributed by atoms with Gasteiger partial charge in [0.1, 0.15) is 12.4 Å². The first kappa shape index (κ1) is 15.1. The summed E-state index contributed by atoms with van der Waals surface area (Å²) in [6.45, 7) is 2.02. The molecule has 1 aliphatic heterocycles. The van der Waals surface area contributed by atoms with Crippen LogP contribution >= 0.6 is 15.9 Å². The molecule has 1 aliphatic rings. The Labute approximate surface area is 123 Å². The van der Waals surface area contributed by atoms with Crippen LogP contribution in [-0.2, 0) is 0 Å². The number of aromatic hydroxyl groups is 1. The summed E-state index contributed by atoms with van der Waals surface area (Å²) in [5.74, 6) is -0.142. The Morgan fingerprint density at radius 3 is 2.70 bits per heavy atom. The molecule has 2 N–H and O–H groups in total. The molecule has 8 heteroatoms. The average molecular weight is 348 g/mol. The molecular weight excluding hydrogens is 333 g/mol. The van der Waals surface area contributed by atoms with E-state index in [1.54, 1.807) is 0 Å². The van der Waals surface area contributed by atoms with E-state index >= 15 is 0 Å². The van der Waals surface area contributed by atoms with E-state index in [1.807, 2.05) is 4.90 Å². The smallest absolute Gasteiger partial charge is 0.271 e. The number of rotatable bonds is 4. The number of alkyl halides is 1. The number of phenols is 1. The zero-order valence-electron chi connectivity index (χ0n) is 10.7. The lowest BCUT2D eigenvalue weighted by atomic mass is 10.0. The number of hydrogen-bond donors (Lipinski definition) is 2. The maximum Gasteiger partial charge on any atom is 0.271 e. The van der Waals surface area contributed by atoms with Gasteiger partial charge in [-0.05, 0) is 15.9 Å². The summed E-state index contributed by atoms with van der Waals surface area (Å²) < 4.78 is 13.6. The lowest BCUT2D eigenvalue weighted by molar-refractivity contribution is -0.385. The molecule has 0 aromatic heterocycles. The SMILES string of the molecule is O=[N+]([O-])c1cc(Br)c(O)c([C@H](CF)N2CCNCC2)c1. The van der Waals surface area contributed by atoms with Gasteiger partial charge in [0, 0.05) is 43.9 Å². The van der Waals surface area contributed by atoms with Crippen LogP contribution < -0.4 is 5.32 Å². The number of nitrogens with zero attached hydrogens (tertiary/aromatic N) is 2. The van der Waals surface area contributed by atoms with E-state index < -0.39 is 17.6 Å². The van der Waals surface area contributed by atoms with E-state index in [0.29, 0.717) is 13.1 Å². The van der Waals surface area contributed by atoms with Crippen molar-refractivity contribution in [2.45, 2.75) is 6.04 Å². The summed E-state index contributed by atoms with van der Waals surface area (Å²) in [6, 6.07) is 1.78. The van der Waals surface area contributed by atoms with E-state index in [1.165, 1.54) is 12.1 Å². The molecule has 1 heterocycles. The Hall–Kier alpha value is -1.25. The second-order valence-corrected chi connectivity index (χ2v) is 5.43. The van der Waals surface area contributed by atoms with Crippen molar-refractivity contribution in [3.63, 3.8) is 0 Å². The van der Waals surface area contributed by atoms with Gasteiger partial charge in [0.25, 0.3) is 5.69 Å². The molecule has 20 heavy (non-hydrogen) atoms. The van der Waals surface area contributed by atoms with Crippen LogP contribution in [0.1, 0.15) is 11.6 Å². The monoisotopic (exact) mass is 347 g/mol. The van der Waals surface area contributed by atoms with E-state index in [2.05, 4.69) is 21.2 Å². The molecule has 1 aromatic rings. The van der Waals surface area contributed by atoms with Crippen molar-refractivity contribution in [3.8, 4) is 5.75 Å². The fourth-order valence-electron chi connectivity index (χ4n) is 2.34. The highest BCUT2D eigenvalue weighted by Gasteiger charge is 2.27. The number of non-ortho nitro benzene ring substituents is 1. The molecule has 110 valence electrons. The lowest BCUT2D eigenvalue weighted by Crippen LogP contribution is -2.45. The zero-order valence-corrected chi connectivity index (χ0v) is 12.3. The minimum Gasteiger partial charge on any atom is -0.506 e. The second kappa shape index (κ2) is 6.47. The predicted octanol–water partition coefficient (Wildman–Crippen LogP) is 1.98. The van der Waals surface area contributed by atoms with Crippen LogP contribution in [0.5, 0.6) is 5.75 Å². The van der Waals surface area contributed by atoms with Crippen LogP contribution in [0, 0.1) is 10.1 Å². The van der Waals surface area contributed by atoms with Crippen molar-refractivity contribution in [2.24, 2.45) is 0 Å². The van der Waals surface area contributed by atoms with Gasteiger partial charge in [0.15, 0.2) is 0 Å². The van der Waals surface area contributed by atoms with Crippen molar-refractivity contribution >= 4 is 21.6 Å². The highest BCUT2D eigenvalue weighted by Crippen LogP contribution is 2.38. The Morgan fingerprint density at radius 2 is 2.15 bits per heavy atom.